The maximum Gasteiger partial charge on any atom is 0.416 e. The molecule has 32 heavy (non-hydrogen) atoms. The molecule has 1 amide bonds. The Balaban J connectivity index is 1.69. The summed E-state index contributed by atoms with van der Waals surface area (Å²) < 4.78 is 45.4. The zero-order valence-corrected chi connectivity index (χ0v) is 17.9. The van der Waals surface area contributed by atoms with Gasteiger partial charge in [0.1, 0.15) is 5.75 Å². The van der Waals surface area contributed by atoms with Crippen LogP contribution < -0.4 is 19.9 Å². The van der Waals surface area contributed by atoms with Gasteiger partial charge in [-0.15, -0.1) is 6.58 Å². The van der Waals surface area contributed by atoms with E-state index in [2.05, 4.69) is 21.7 Å². The number of nitrogens with zero attached hydrogens (tertiary/aromatic N) is 2. The molecule has 2 aliphatic heterocycles. The van der Waals surface area contributed by atoms with E-state index in [9.17, 15) is 18.0 Å². The number of rotatable bonds is 5. The van der Waals surface area contributed by atoms with Crippen molar-refractivity contribution in [3.8, 4) is 5.75 Å². The molecule has 0 unspecified atom stereocenters. The Morgan fingerprint density at radius 2 is 2.00 bits per heavy atom. The van der Waals surface area contributed by atoms with Crippen molar-refractivity contribution < 1.29 is 22.7 Å². The Hall–Kier alpha value is -3.16. The first kappa shape index (κ1) is 22.0. The van der Waals surface area contributed by atoms with Crippen LogP contribution in [0.2, 0.25) is 0 Å². The molecule has 0 spiro atoms. The molecule has 1 saturated heterocycles. The minimum atomic E-state index is -4.42. The van der Waals surface area contributed by atoms with Gasteiger partial charge in [0.25, 0.3) is 0 Å². The molecule has 2 aromatic carbocycles. The summed E-state index contributed by atoms with van der Waals surface area (Å²) in [6.45, 7) is 5.76. The summed E-state index contributed by atoms with van der Waals surface area (Å²) in [5, 5.41) is 2.84. The number of carbonyl (C=O) groups is 1. The molecular weight excluding hydrogens is 419 g/mol. The number of nitrogens with one attached hydrogen (secondary N) is 1. The van der Waals surface area contributed by atoms with Crippen LogP contribution in [0.1, 0.15) is 11.1 Å². The number of halogens is 3. The van der Waals surface area contributed by atoms with Crippen LogP contribution in [0.5, 0.6) is 5.75 Å². The van der Waals surface area contributed by atoms with Crippen LogP contribution in [-0.2, 0) is 17.4 Å². The number of piperazine rings is 1. The summed E-state index contributed by atoms with van der Waals surface area (Å²) in [4.78, 5) is 17.3. The van der Waals surface area contributed by atoms with Gasteiger partial charge >= 0.3 is 6.18 Å². The minimum absolute atomic E-state index is 0.176. The number of carbonyl (C=O) groups excluding carboxylic acids is 1. The average molecular weight is 445 g/mol. The standard InChI is InChI=1S/C24H26F3N3O2/c1-3-10-28-23(31)18-14-16-13-17(24(25,26)27)8-9-19(16)30-12-11-29(15-21(18)30)20-6-4-5-7-22(20)32-2/h3-9,13,18,21H,1,10-12,14-15H2,2H3,(H,28,31)/t18-,21+/m1/s1. The Morgan fingerprint density at radius 1 is 1.22 bits per heavy atom. The number of anilines is 2. The van der Waals surface area contributed by atoms with E-state index in [0.717, 1.165) is 23.2 Å². The van der Waals surface area contributed by atoms with Gasteiger partial charge in [-0.1, -0.05) is 18.2 Å². The summed E-state index contributed by atoms with van der Waals surface area (Å²) in [6.07, 6.45) is -2.57. The smallest absolute Gasteiger partial charge is 0.416 e. The molecule has 1 fully saturated rings. The number of ether oxygens (including phenoxy) is 1. The first-order valence-corrected chi connectivity index (χ1v) is 10.6. The molecule has 0 aromatic heterocycles. The molecule has 0 aliphatic carbocycles. The van der Waals surface area contributed by atoms with Crippen molar-refractivity contribution in [3.05, 3.63) is 66.2 Å². The van der Waals surface area contributed by atoms with Crippen LogP contribution in [0.3, 0.4) is 0 Å². The molecule has 170 valence electrons. The van der Waals surface area contributed by atoms with Crippen molar-refractivity contribution in [1.29, 1.82) is 0 Å². The fourth-order valence-corrected chi connectivity index (χ4v) is 4.71. The molecule has 0 radical (unpaired) electrons. The number of para-hydroxylation sites is 2. The van der Waals surface area contributed by atoms with Crippen LogP contribution in [0.25, 0.3) is 0 Å². The van der Waals surface area contributed by atoms with E-state index in [4.69, 9.17) is 4.74 Å². The monoisotopic (exact) mass is 445 g/mol. The van der Waals surface area contributed by atoms with Gasteiger partial charge in [-0.3, -0.25) is 4.79 Å². The second-order valence-corrected chi connectivity index (χ2v) is 8.06. The third-order valence-corrected chi connectivity index (χ3v) is 6.22. The van der Waals surface area contributed by atoms with Crippen LogP contribution in [0, 0.1) is 5.92 Å². The van der Waals surface area contributed by atoms with Crippen LogP contribution in [0.4, 0.5) is 24.5 Å². The van der Waals surface area contributed by atoms with E-state index in [1.807, 2.05) is 24.3 Å². The normalized spacial score (nSPS) is 20.2. The molecule has 2 aromatic rings. The minimum Gasteiger partial charge on any atom is -0.495 e. The topological polar surface area (TPSA) is 44.8 Å². The van der Waals surface area contributed by atoms with Gasteiger partial charge in [-0.05, 0) is 42.3 Å². The molecule has 0 saturated carbocycles. The maximum absolute atomic E-state index is 13.3. The van der Waals surface area contributed by atoms with Crippen LogP contribution in [0.15, 0.2) is 55.1 Å². The van der Waals surface area contributed by atoms with E-state index in [0.29, 0.717) is 31.7 Å². The molecule has 2 heterocycles. The fraction of sp³-hybridized carbons (Fsp3) is 0.375. The molecule has 4 rings (SSSR count). The zero-order chi connectivity index (χ0) is 22.9. The third-order valence-electron chi connectivity index (χ3n) is 6.22. The lowest BCUT2D eigenvalue weighted by molar-refractivity contribution is -0.137. The summed E-state index contributed by atoms with van der Waals surface area (Å²) in [5.74, 6) is 0.0907. The highest BCUT2D eigenvalue weighted by Gasteiger charge is 2.43. The summed E-state index contributed by atoms with van der Waals surface area (Å²) in [6, 6.07) is 11.4. The van der Waals surface area contributed by atoms with E-state index in [1.54, 1.807) is 19.3 Å². The quantitative estimate of drug-likeness (QED) is 0.710. The van der Waals surface area contributed by atoms with Crippen LogP contribution in [-0.4, -0.2) is 45.2 Å². The van der Waals surface area contributed by atoms with Gasteiger partial charge in [0.2, 0.25) is 5.91 Å². The van der Waals surface area contributed by atoms with Crippen LogP contribution >= 0.6 is 0 Å². The van der Waals surface area contributed by atoms with Crippen molar-refractivity contribution >= 4 is 17.3 Å². The Labute approximate surface area is 185 Å². The molecule has 8 heteroatoms. The number of alkyl halides is 3. The molecule has 2 atom stereocenters. The van der Waals surface area contributed by atoms with Gasteiger partial charge < -0.3 is 19.9 Å². The number of methoxy groups -OCH3 is 1. The number of hydrogen-bond donors (Lipinski definition) is 1. The predicted octanol–water partition coefficient (Wildman–Crippen LogP) is 3.88. The van der Waals surface area contributed by atoms with E-state index >= 15 is 0 Å². The van der Waals surface area contributed by atoms with E-state index < -0.39 is 17.7 Å². The molecular formula is C24H26F3N3O2. The summed E-state index contributed by atoms with van der Waals surface area (Å²) >= 11 is 0. The van der Waals surface area contributed by atoms with Crippen molar-refractivity contribution in [2.75, 3.05) is 43.1 Å². The van der Waals surface area contributed by atoms with Crippen molar-refractivity contribution in [2.45, 2.75) is 18.6 Å². The Morgan fingerprint density at radius 3 is 2.72 bits per heavy atom. The highest BCUT2D eigenvalue weighted by atomic mass is 19.4. The molecule has 5 nitrogen and oxygen atoms in total. The van der Waals surface area contributed by atoms with E-state index in [1.165, 1.54) is 6.07 Å². The van der Waals surface area contributed by atoms with Crippen molar-refractivity contribution in [1.82, 2.24) is 5.32 Å². The largest absolute Gasteiger partial charge is 0.495 e. The second-order valence-electron chi connectivity index (χ2n) is 8.06. The second kappa shape index (κ2) is 8.76. The Kier molecular flexibility index (Phi) is 6.04. The van der Waals surface area contributed by atoms with Gasteiger partial charge in [0.15, 0.2) is 0 Å². The lowest BCUT2D eigenvalue weighted by Crippen LogP contribution is -2.61. The zero-order valence-electron chi connectivity index (χ0n) is 17.9. The summed E-state index contributed by atoms with van der Waals surface area (Å²) in [5.41, 5.74) is 1.58. The predicted molar refractivity (Wildman–Crippen MR) is 118 cm³/mol. The number of benzene rings is 2. The third kappa shape index (κ3) is 4.13. The maximum atomic E-state index is 13.3. The lowest BCUT2D eigenvalue weighted by atomic mass is 9.82. The van der Waals surface area contributed by atoms with Gasteiger partial charge in [0, 0.05) is 31.9 Å². The van der Waals surface area contributed by atoms with E-state index in [-0.39, 0.29) is 18.4 Å². The number of hydrogen-bond acceptors (Lipinski definition) is 4. The summed E-state index contributed by atoms with van der Waals surface area (Å²) in [7, 11) is 1.62. The SMILES string of the molecule is C=CCNC(=O)[C@@H]1Cc2cc(C(F)(F)F)ccc2N2CCN(c3ccccc3OC)C[C@@H]12. The molecule has 0 bridgehead atoms. The number of fused-ring (bicyclic) bond motifs is 3. The van der Waals surface area contributed by atoms with Gasteiger partial charge in [-0.2, -0.15) is 13.2 Å². The molecule has 1 N–H and O–H groups in total. The fourth-order valence-electron chi connectivity index (χ4n) is 4.71. The first-order valence-electron chi connectivity index (χ1n) is 10.6. The average Bonchev–Trinajstić information content (AvgIpc) is 2.80. The number of amides is 1. The highest BCUT2D eigenvalue weighted by Crippen LogP contribution is 2.41. The first-order chi connectivity index (χ1) is 15.3. The Bertz CT molecular complexity index is 1010. The van der Waals surface area contributed by atoms with Crippen molar-refractivity contribution in [3.63, 3.8) is 0 Å². The van der Waals surface area contributed by atoms with Gasteiger partial charge in [0.05, 0.1) is 30.3 Å². The lowest BCUT2D eigenvalue weighted by Gasteiger charge is -2.49. The highest BCUT2D eigenvalue weighted by molar-refractivity contribution is 5.82. The molecule has 2 aliphatic rings. The van der Waals surface area contributed by atoms with Crippen molar-refractivity contribution in [2.24, 2.45) is 5.92 Å². The van der Waals surface area contributed by atoms with Gasteiger partial charge in [-0.25, -0.2) is 0 Å².